The van der Waals surface area contributed by atoms with E-state index in [0.717, 1.165) is 24.3 Å². The van der Waals surface area contributed by atoms with Gasteiger partial charge in [0.05, 0.1) is 24.9 Å². The molecule has 1 fully saturated rings. The van der Waals surface area contributed by atoms with Crippen LogP contribution in [0.4, 0.5) is 4.39 Å². The molecule has 0 radical (unpaired) electrons. The van der Waals surface area contributed by atoms with Gasteiger partial charge in [-0.15, -0.1) is 0 Å². The van der Waals surface area contributed by atoms with E-state index in [1.165, 1.54) is 45.4 Å². The number of rotatable bonds is 15. The molecule has 1 saturated carbocycles. The lowest BCUT2D eigenvalue weighted by Gasteiger charge is -2.29. The Morgan fingerprint density at radius 2 is 1.73 bits per heavy atom. The summed E-state index contributed by atoms with van der Waals surface area (Å²) >= 11 is 0. The van der Waals surface area contributed by atoms with E-state index in [-0.39, 0.29) is 36.1 Å². The zero-order valence-electron chi connectivity index (χ0n) is 22.9. The topological polar surface area (TPSA) is 72.8 Å². The number of aliphatic hydroxyl groups is 1. The van der Waals surface area contributed by atoms with Crippen LogP contribution in [0, 0.1) is 17.7 Å². The summed E-state index contributed by atoms with van der Waals surface area (Å²) < 4.78 is 25.6. The number of aryl methyl sites for hydroxylation is 1. The van der Waals surface area contributed by atoms with Gasteiger partial charge in [-0.3, -0.25) is 0 Å². The molecular weight excluding hydrogens is 471 g/mol. The first-order valence-corrected chi connectivity index (χ1v) is 13.8. The molecule has 1 N–H and O–H groups in total. The Hall–Kier alpha value is -2.47. The van der Waals surface area contributed by atoms with Gasteiger partial charge in [0.1, 0.15) is 5.82 Å². The van der Waals surface area contributed by atoms with Crippen LogP contribution in [-0.2, 0) is 25.5 Å². The van der Waals surface area contributed by atoms with E-state index in [9.17, 15) is 14.7 Å². The lowest BCUT2D eigenvalue weighted by Crippen LogP contribution is -2.24. The smallest absolute Gasteiger partial charge is 0.336 e. The largest absolute Gasteiger partial charge is 0.462 e. The molecule has 1 aromatic rings. The zero-order valence-corrected chi connectivity index (χ0v) is 22.9. The highest BCUT2D eigenvalue weighted by atomic mass is 19.1. The Labute approximate surface area is 222 Å². The SMILES string of the molecule is C=C(C)C(=O)OCC(CCc1ccc(C2CCC(CCCCC)CC2)cc1F)COC(=O)C(=C)C(C)O. The minimum Gasteiger partial charge on any atom is -0.462 e. The number of aliphatic hydroxyl groups excluding tert-OH is 1. The molecule has 37 heavy (non-hydrogen) atoms. The van der Waals surface area contributed by atoms with Crippen molar-refractivity contribution in [1.82, 2.24) is 0 Å². The molecule has 1 aliphatic carbocycles. The second-order valence-electron chi connectivity index (χ2n) is 10.6. The van der Waals surface area contributed by atoms with Gasteiger partial charge < -0.3 is 14.6 Å². The van der Waals surface area contributed by atoms with Crippen LogP contribution < -0.4 is 0 Å². The van der Waals surface area contributed by atoms with Crippen LogP contribution in [0.15, 0.2) is 42.5 Å². The molecule has 5 nitrogen and oxygen atoms in total. The van der Waals surface area contributed by atoms with Crippen molar-refractivity contribution in [2.24, 2.45) is 11.8 Å². The van der Waals surface area contributed by atoms with Crippen molar-refractivity contribution < 1.29 is 28.6 Å². The average molecular weight is 517 g/mol. The van der Waals surface area contributed by atoms with Gasteiger partial charge in [0.15, 0.2) is 0 Å². The number of carbonyl (C=O) groups excluding carboxylic acids is 2. The van der Waals surface area contributed by atoms with Crippen molar-refractivity contribution in [2.75, 3.05) is 13.2 Å². The first-order valence-electron chi connectivity index (χ1n) is 13.8. The minimum absolute atomic E-state index is 0.0152. The molecule has 0 amide bonds. The van der Waals surface area contributed by atoms with E-state index in [0.29, 0.717) is 24.3 Å². The molecule has 0 bridgehead atoms. The van der Waals surface area contributed by atoms with Gasteiger partial charge in [-0.2, -0.15) is 0 Å². The van der Waals surface area contributed by atoms with Crippen molar-refractivity contribution in [3.8, 4) is 0 Å². The van der Waals surface area contributed by atoms with Crippen molar-refractivity contribution in [1.29, 1.82) is 0 Å². The van der Waals surface area contributed by atoms with E-state index in [1.54, 1.807) is 13.0 Å². The second kappa shape index (κ2) is 15.7. The molecule has 0 saturated heterocycles. The normalized spacial score (nSPS) is 19.1. The van der Waals surface area contributed by atoms with Gasteiger partial charge in [0.2, 0.25) is 0 Å². The molecule has 206 valence electrons. The van der Waals surface area contributed by atoms with E-state index < -0.39 is 18.0 Å². The first-order chi connectivity index (χ1) is 17.6. The number of hydrogen-bond donors (Lipinski definition) is 1. The summed E-state index contributed by atoms with van der Waals surface area (Å²) in [5.41, 5.74) is 1.89. The fourth-order valence-electron chi connectivity index (χ4n) is 4.84. The van der Waals surface area contributed by atoms with Gasteiger partial charge >= 0.3 is 11.9 Å². The molecule has 1 aromatic carbocycles. The summed E-state index contributed by atoms with van der Waals surface area (Å²) in [5, 5.41) is 9.53. The van der Waals surface area contributed by atoms with Crippen molar-refractivity contribution in [3.63, 3.8) is 0 Å². The second-order valence-corrected chi connectivity index (χ2v) is 10.6. The Balaban J connectivity index is 1.94. The fourth-order valence-corrected chi connectivity index (χ4v) is 4.84. The third kappa shape index (κ3) is 10.4. The number of ether oxygens (including phenoxy) is 2. The van der Waals surface area contributed by atoms with Crippen molar-refractivity contribution in [2.45, 2.75) is 97.0 Å². The number of halogens is 1. The standard InChI is InChI=1S/C31H45FO5/c1-6-7-8-9-24-10-13-26(14-11-24)28-17-16-27(29(32)18-28)15-12-25(19-36-30(34)21(2)3)20-37-31(35)22(4)23(5)33/h16-18,23-26,33H,2,4,6-15,19-20H2,1,3,5H3. The Bertz CT molecular complexity index is 914. The van der Waals surface area contributed by atoms with Crippen molar-refractivity contribution in [3.05, 3.63) is 59.4 Å². The third-order valence-electron chi connectivity index (χ3n) is 7.45. The van der Waals surface area contributed by atoms with Crippen LogP contribution in [0.3, 0.4) is 0 Å². The van der Waals surface area contributed by atoms with E-state index in [1.807, 2.05) is 12.1 Å². The van der Waals surface area contributed by atoms with Crippen LogP contribution in [0.2, 0.25) is 0 Å². The molecule has 2 unspecified atom stereocenters. The van der Waals surface area contributed by atoms with Crippen LogP contribution in [0.5, 0.6) is 0 Å². The van der Waals surface area contributed by atoms with Crippen LogP contribution in [0.1, 0.15) is 95.6 Å². The van der Waals surface area contributed by atoms with Crippen LogP contribution >= 0.6 is 0 Å². The van der Waals surface area contributed by atoms with Crippen molar-refractivity contribution >= 4 is 11.9 Å². The lowest BCUT2D eigenvalue weighted by atomic mass is 9.77. The summed E-state index contributed by atoms with van der Waals surface area (Å²) in [6.07, 6.45) is 9.74. The maximum Gasteiger partial charge on any atom is 0.336 e. The van der Waals surface area contributed by atoms with Crippen LogP contribution in [-0.4, -0.2) is 36.4 Å². The predicted molar refractivity (Wildman–Crippen MR) is 145 cm³/mol. The Morgan fingerprint density at radius 3 is 2.30 bits per heavy atom. The molecule has 1 aliphatic rings. The molecule has 0 heterocycles. The maximum atomic E-state index is 15.0. The molecule has 0 spiro atoms. The number of carbonyl (C=O) groups is 2. The summed E-state index contributed by atoms with van der Waals surface area (Å²) in [6.45, 7) is 12.3. The van der Waals surface area contributed by atoms with Gasteiger partial charge in [0, 0.05) is 11.5 Å². The summed E-state index contributed by atoms with van der Waals surface area (Å²) in [6, 6.07) is 5.58. The molecule has 6 heteroatoms. The first kappa shape index (κ1) is 30.8. The quantitative estimate of drug-likeness (QED) is 0.157. The molecular formula is C31H45FO5. The van der Waals surface area contributed by atoms with Gasteiger partial charge in [0.25, 0.3) is 0 Å². The molecule has 2 rings (SSSR count). The van der Waals surface area contributed by atoms with E-state index in [2.05, 4.69) is 20.1 Å². The van der Waals surface area contributed by atoms with Gasteiger partial charge in [-0.1, -0.05) is 57.9 Å². The van der Waals surface area contributed by atoms with Gasteiger partial charge in [-0.25, -0.2) is 14.0 Å². The highest BCUT2D eigenvalue weighted by Gasteiger charge is 2.23. The van der Waals surface area contributed by atoms with E-state index >= 15 is 4.39 Å². The number of benzene rings is 1. The number of unbranched alkanes of at least 4 members (excludes halogenated alkanes) is 2. The minimum atomic E-state index is -1.02. The van der Waals surface area contributed by atoms with Gasteiger partial charge in [-0.05, 0) is 81.4 Å². The highest BCUT2D eigenvalue weighted by Crippen LogP contribution is 2.38. The Kier molecular flexibility index (Phi) is 13.1. The van der Waals surface area contributed by atoms with Crippen LogP contribution in [0.25, 0.3) is 0 Å². The summed E-state index contributed by atoms with van der Waals surface area (Å²) in [4.78, 5) is 23.9. The Morgan fingerprint density at radius 1 is 1.08 bits per heavy atom. The number of esters is 2. The lowest BCUT2D eigenvalue weighted by molar-refractivity contribution is -0.144. The number of hydrogen-bond acceptors (Lipinski definition) is 5. The monoisotopic (exact) mass is 516 g/mol. The molecule has 2 atom stereocenters. The zero-order chi connectivity index (χ0) is 27.4. The highest BCUT2D eigenvalue weighted by molar-refractivity contribution is 5.88. The average Bonchev–Trinajstić information content (AvgIpc) is 2.88. The predicted octanol–water partition coefficient (Wildman–Crippen LogP) is 6.83. The summed E-state index contributed by atoms with van der Waals surface area (Å²) in [7, 11) is 0. The molecule has 0 aliphatic heterocycles. The fraction of sp³-hybridized carbons (Fsp3) is 0.613. The third-order valence-corrected chi connectivity index (χ3v) is 7.45. The van der Waals surface area contributed by atoms with E-state index in [4.69, 9.17) is 9.47 Å². The maximum absolute atomic E-state index is 15.0. The molecule has 0 aromatic heterocycles. The summed E-state index contributed by atoms with van der Waals surface area (Å²) in [5.74, 6) is -0.561.